The van der Waals surface area contributed by atoms with E-state index in [1.54, 1.807) is 0 Å². The lowest BCUT2D eigenvalue weighted by Crippen LogP contribution is -1.99. The monoisotopic (exact) mass is 247 g/mol. The molecular formula is C9H14BrNS. The molecule has 0 aromatic carbocycles. The van der Waals surface area contributed by atoms with Crippen molar-refractivity contribution >= 4 is 27.3 Å². The Hall–Kier alpha value is 0.110. The van der Waals surface area contributed by atoms with E-state index in [-0.39, 0.29) is 0 Å². The smallest absolute Gasteiger partial charge is 0.0900 e. The molecule has 1 aromatic heterocycles. The molecule has 0 aliphatic carbocycles. The van der Waals surface area contributed by atoms with Crippen LogP contribution in [0.15, 0.2) is 0 Å². The van der Waals surface area contributed by atoms with Crippen LogP contribution in [0, 0.1) is 19.8 Å². The normalized spacial score (nSPS) is 13.3. The van der Waals surface area contributed by atoms with Gasteiger partial charge in [0.25, 0.3) is 0 Å². The third kappa shape index (κ3) is 2.56. The quantitative estimate of drug-likeness (QED) is 0.747. The molecule has 3 heteroatoms. The molecule has 1 nitrogen and oxygen atoms in total. The van der Waals surface area contributed by atoms with Crippen molar-refractivity contribution in [3.8, 4) is 0 Å². The van der Waals surface area contributed by atoms with E-state index < -0.39 is 0 Å². The second-order valence-corrected chi connectivity index (χ2v) is 5.14. The van der Waals surface area contributed by atoms with Crippen LogP contribution in [0.3, 0.4) is 0 Å². The first kappa shape index (κ1) is 10.2. The van der Waals surface area contributed by atoms with Gasteiger partial charge >= 0.3 is 0 Å². The van der Waals surface area contributed by atoms with Crippen molar-refractivity contribution in [1.29, 1.82) is 0 Å². The molecule has 0 aliphatic rings. The molecule has 0 aliphatic heterocycles. The topological polar surface area (TPSA) is 12.9 Å². The van der Waals surface area contributed by atoms with Crippen molar-refractivity contribution in [2.75, 3.05) is 5.33 Å². The maximum absolute atomic E-state index is 4.40. The summed E-state index contributed by atoms with van der Waals surface area (Å²) < 4.78 is 0. The highest BCUT2D eigenvalue weighted by atomic mass is 79.9. The van der Waals surface area contributed by atoms with Crippen LogP contribution in [0.25, 0.3) is 0 Å². The lowest BCUT2D eigenvalue weighted by Gasteiger charge is -2.04. The Kier molecular flexibility index (Phi) is 3.72. The number of hydrogen-bond acceptors (Lipinski definition) is 2. The van der Waals surface area contributed by atoms with Crippen LogP contribution >= 0.6 is 27.3 Å². The first-order valence-corrected chi connectivity index (χ1v) is 6.06. The average Bonchev–Trinajstić information content (AvgIpc) is 2.30. The highest BCUT2D eigenvalue weighted by Gasteiger charge is 2.08. The molecule has 1 atom stereocenters. The molecule has 12 heavy (non-hydrogen) atoms. The van der Waals surface area contributed by atoms with Gasteiger partial charge in [-0.1, -0.05) is 22.9 Å². The summed E-state index contributed by atoms with van der Waals surface area (Å²) >= 11 is 5.31. The number of hydrogen-bond donors (Lipinski definition) is 0. The molecule has 0 saturated heterocycles. The third-order valence-corrected chi connectivity index (χ3v) is 4.00. The van der Waals surface area contributed by atoms with Crippen LogP contribution in [-0.2, 0) is 6.42 Å². The fraction of sp³-hybridized carbons (Fsp3) is 0.667. The van der Waals surface area contributed by atoms with Gasteiger partial charge in [0.05, 0.1) is 10.7 Å². The zero-order valence-electron chi connectivity index (χ0n) is 7.72. The van der Waals surface area contributed by atoms with Gasteiger partial charge < -0.3 is 0 Å². The molecular weight excluding hydrogens is 234 g/mol. The Labute approximate surface area is 86.3 Å². The fourth-order valence-corrected chi connectivity index (χ4v) is 2.46. The minimum absolute atomic E-state index is 0.712. The van der Waals surface area contributed by atoms with Crippen molar-refractivity contribution in [1.82, 2.24) is 4.98 Å². The lowest BCUT2D eigenvalue weighted by molar-refractivity contribution is 0.667. The molecule has 68 valence electrons. The van der Waals surface area contributed by atoms with E-state index in [0.29, 0.717) is 5.92 Å². The van der Waals surface area contributed by atoms with E-state index in [1.807, 2.05) is 11.3 Å². The van der Waals surface area contributed by atoms with Gasteiger partial charge in [-0.25, -0.2) is 4.98 Å². The highest BCUT2D eigenvalue weighted by molar-refractivity contribution is 9.09. The molecule has 1 heterocycles. The summed E-state index contributed by atoms with van der Waals surface area (Å²) in [6.07, 6.45) is 1.16. The predicted octanol–water partition coefficient (Wildman–Crippen LogP) is 3.33. The molecule has 1 rings (SSSR count). The van der Waals surface area contributed by atoms with Crippen molar-refractivity contribution in [2.45, 2.75) is 27.2 Å². The molecule has 0 saturated carbocycles. The average molecular weight is 248 g/mol. The number of aryl methyl sites for hydroxylation is 2. The Bertz CT molecular complexity index is 257. The van der Waals surface area contributed by atoms with E-state index in [4.69, 9.17) is 0 Å². The first-order chi connectivity index (χ1) is 5.63. The van der Waals surface area contributed by atoms with E-state index in [9.17, 15) is 0 Å². The molecule has 1 unspecified atom stereocenters. The summed E-state index contributed by atoms with van der Waals surface area (Å²) in [5.41, 5.74) is 1.21. The zero-order chi connectivity index (χ0) is 9.14. The number of nitrogens with zero attached hydrogens (tertiary/aromatic N) is 1. The van der Waals surface area contributed by atoms with E-state index >= 15 is 0 Å². The Morgan fingerprint density at radius 1 is 1.50 bits per heavy atom. The van der Waals surface area contributed by atoms with E-state index in [1.165, 1.54) is 15.6 Å². The summed E-state index contributed by atoms with van der Waals surface area (Å²) in [5, 5.41) is 2.26. The van der Waals surface area contributed by atoms with E-state index in [0.717, 1.165) is 11.8 Å². The van der Waals surface area contributed by atoms with Crippen LogP contribution in [0.2, 0.25) is 0 Å². The Morgan fingerprint density at radius 3 is 2.58 bits per heavy atom. The fourth-order valence-electron chi connectivity index (χ4n) is 1.13. The molecule has 0 bridgehead atoms. The van der Waals surface area contributed by atoms with Crippen molar-refractivity contribution < 1.29 is 0 Å². The van der Waals surface area contributed by atoms with Gasteiger partial charge in [-0.15, -0.1) is 11.3 Å². The van der Waals surface area contributed by atoms with Crippen molar-refractivity contribution in [3.63, 3.8) is 0 Å². The van der Waals surface area contributed by atoms with Crippen LogP contribution in [0.1, 0.15) is 22.5 Å². The van der Waals surface area contributed by atoms with Crippen LogP contribution in [0.4, 0.5) is 0 Å². The molecule has 0 spiro atoms. The third-order valence-electron chi connectivity index (χ3n) is 1.80. The first-order valence-electron chi connectivity index (χ1n) is 4.12. The summed E-state index contributed by atoms with van der Waals surface area (Å²) in [7, 11) is 0. The summed E-state index contributed by atoms with van der Waals surface area (Å²) in [6, 6.07) is 0. The summed E-state index contributed by atoms with van der Waals surface area (Å²) in [5.74, 6) is 0.712. The molecule has 0 fully saturated rings. The molecule has 1 aromatic rings. The lowest BCUT2D eigenvalue weighted by atomic mass is 10.1. The Balaban J connectivity index is 2.68. The molecule has 0 amide bonds. The molecule has 0 N–H and O–H groups in total. The minimum Gasteiger partial charge on any atom is -0.247 e. The second kappa shape index (κ2) is 4.38. The number of thiazole rings is 1. The van der Waals surface area contributed by atoms with Gasteiger partial charge in [0, 0.05) is 10.2 Å². The van der Waals surface area contributed by atoms with Crippen LogP contribution < -0.4 is 0 Å². The zero-order valence-corrected chi connectivity index (χ0v) is 10.1. The number of rotatable bonds is 3. The maximum Gasteiger partial charge on any atom is 0.0900 e. The highest BCUT2D eigenvalue weighted by Crippen LogP contribution is 2.21. The van der Waals surface area contributed by atoms with Crippen LogP contribution in [0.5, 0.6) is 0 Å². The van der Waals surface area contributed by atoms with E-state index in [2.05, 4.69) is 41.7 Å². The van der Waals surface area contributed by atoms with Gasteiger partial charge in [0.15, 0.2) is 0 Å². The second-order valence-electron chi connectivity index (χ2n) is 3.21. The SMILES string of the molecule is Cc1nc(C)c(CC(C)CBr)s1. The van der Waals surface area contributed by atoms with Crippen molar-refractivity contribution in [3.05, 3.63) is 15.6 Å². The van der Waals surface area contributed by atoms with Gasteiger partial charge in [-0.05, 0) is 26.2 Å². The van der Waals surface area contributed by atoms with Crippen molar-refractivity contribution in [2.24, 2.45) is 5.92 Å². The summed E-state index contributed by atoms with van der Waals surface area (Å²) in [4.78, 5) is 5.85. The van der Waals surface area contributed by atoms with Gasteiger partial charge in [0.2, 0.25) is 0 Å². The van der Waals surface area contributed by atoms with Gasteiger partial charge in [-0.2, -0.15) is 0 Å². The molecule has 0 radical (unpaired) electrons. The minimum atomic E-state index is 0.712. The van der Waals surface area contributed by atoms with Gasteiger partial charge in [-0.3, -0.25) is 0 Å². The predicted molar refractivity (Wildman–Crippen MR) is 58.3 cm³/mol. The number of halogens is 1. The Morgan fingerprint density at radius 2 is 2.17 bits per heavy atom. The standard InChI is InChI=1S/C9H14BrNS/c1-6(5-10)4-9-7(2)11-8(3)12-9/h6H,4-5H2,1-3H3. The number of alkyl halides is 1. The van der Waals surface area contributed by atoms with Crippen LogP contribution in [-0.4, -0.2) is 10.3 Å². The summed E-state index contributed by atoms with van der Waals surface area (Å²) in [6.45, 7) is 6.42. The number of aromatic nitrogens is 1. The maximum atomic E-state index is 4.40. The largest absolute Gasteiger partial charge is 0.247 e. The van der Waals surface area contributed by atoms with Gasteiger partial charge in [0.1, 0.15) is 0 Å².